The molecule has 2 aromatic carbocycles. The van der Waals surface area contributed by atoms with Crippen molar-refractivity contribution in [3.05, 3.63) is 60.4 Å². The highest BCUT2D eigenvalue weighted by atomic mass is 16.3. The number of anilines is 2. The molecule has 4 amide bonds. The van der Waals surface area contributed by atoms with Gasteiger partial charge in [0.2, 0.25) is 5.91 Å². The van der Waals surface area contributed by atoms with E-state index in [0.29, 0.717) is 42.4 Å². The quantitative estimate of drug-likeness (QED) is 0.504. The SMILES string of the molecule is CC(=O)Nc1ccc(NC(=O)C(=O)NCC2CCN(C(=O)c3cc4ccccc4o3)CC2)cc1. The third-order valence-electron chi connectivity index (χ3n) is 5.76. The summed E-state index contributed by atoms with van der Waals surface area (Å²) in [7, 11) is 0. The molecule has 3 aromatic rings. The van der Waals surface area contributed by atoms with E-state index < -0.39 is 11.8 Å². The number of fused-ring (bicyclic) bond motifs is 1. The van der Waals surface area contributed by atoms with Crippen molar-refractivity contribution >= 4 is 46.0 Å². The van der Waals surface area contributed by atoms with E-state index in [2.05, 4.69) is 16.0 Å². The Morgan fingerprint density at radius 2 is 1.56 bits per heavy atom. The minimum Gasteiger partial charge on any atom is -0.451 e. The molecule has 1 aliphatic heterocycles. The van der Waals surface area contributed by atoms with Crippen LogP contribution >= 0.6 is 0 Å². The summed E-state index contributed by atoms with van der Waals surface area (Å²) in [5, 5.41) is 8.73. The van der Waals surface area contributed by atoms with E-state index in [9.17, 15) is 19.2 Å². The lowest BCUT2D eigenvalue weighted by Crippen LogP contribution is -2.43. The van der Waals surface area contributed by atoms with E-state index in [4.69, 9.17) is 4.42 Å². The average Bonchev–Trinajstić information content (AvgIpc) is 3.27. The maximum absolute atomic E-state index is 12.8. The van der Waals surface area contributed by atoms with Crippen LogP contribution in [0.4, 0.5) is 11.4 Å². The molecule has 1 aromatic heterocycles. The third kappa shape index (κ3) is 5.61. The number of carbonyl (C=O) groups is 4. The lowest BCUT2D eigenvalue weighted by atomic mass is 9.96. The molecule has 9 nitrogen and oxygen atoms in total. The fourth-order valence-corrected chi connectivity index (χ4v) is 3.93. The number of hydrogen-bond acceptors (Lipinski definition) is 5. The Balaban J connectivity index is 1.21. The largest absolute Gasteiger partial charge is 0.451 e. The second-order valence-corrected chi connectivity index (χ2v) is 8.31. The fourth-order valence-electron chi connectivity index (χ4n) is 3.93. The van der Waals surface area contributed by atoms with Crippen LogP contribution in [-0.4, -0.2) is 48.2 Å². The van der Waals surface area contributed by atoms with Gasteiger partial charge < -0.3 is 25.3 Å². The molecule has 3 N–H and O–H groups in total. The van der Waals surface area contributed by atoms with Crippen molar-refractivity contribution in [3.63, 3.8) is 0 Å². The van der Waals surface area contributed by atoms with Crippen molar-refractivity contribution in [1.82, 2.24) is 10.2 Å². The Kier molecular flexibility index (Phi) is 6.91. The van der Waals surface area contributed by atoms with Crippen molar-refractivity contribution in [3.8, 4) is 0 Å². The van der Waals surface area contributed by atoms with Crippen LogP contribution in [-0.2, 0) is 14.4 Å². The fraction of sp³-hybridized carbons (Fsp3) is 0.280. The maximum atomic E-state index is 12.8. The van der Waals surface area contributed by atoms with Crippen LogP contribution in [0.1, 0.15) is 30.3 Å². The molecule has 2 heterocycles. The third-order valence-corrected chi connectivity index (χ3v) is 5.76. The first kappa shape index (κ1) is 23.0. The smallest absolute Gasteiger partial charge is 0.313 e. The highest BCUT2D eigenvalue weighted by Gasteiger charge is 2.26. The van der Waals surface area contributed by atoms with Gasteiger partial charge in [-0.25, -0.2) is 0 Å². The van der Waals surface area contributed by atoms with Crippen LogP contribution in [0.5, 0.6) is 0 Å². The van der Waals surface area contributed by atoms with E-state index in [1.807, 2.05) is 24.3 Å². The highest BCUT2D eigenvalue weighted by molar-refractivity contribution is 6.39. The molecule has 9 heteroatoms. The summed E-state index contributed by atoms with van der Waals surface area (Å²) in [6.07, 6.45) is 1.44. The second-order valence-electron chi connectivity index (χ2n) is 8.31. The van der Waals surface area contributed by atoms with E-state index in [0.717, 1.165) is 18.2 Å². The summed E-state index contributed by atoms with van der Waals surface area (Å²) in [4.78, 5) is 49.9. The Morgan fingerprint density at radius 3 is 2.21 bits per heavy atom. The predicted molar refractivity (Wildman–Crippen MR) is 127 cm³/mol. The van der Waals surface area contributed by atoms with Gasteiger partial charge in [0.1, 0.15) is 5.58 Å². The number of rotatable bonds is 5. The molecule has 1 fully saturated rings. The molecule has 4 rings (SSSR count). The summed E-state index contributed by atoms with van der Waals surface area (Å²) < 4.78 is 5.68. The normalized spacial score (nSPS) is 14.0. The Morgan fingerprint density at radius 1 is 0.912 bits per heavy atom. The van der Waals surface area contributed by atoms with Gasteiger partial charge in [-0.3, -0.25) is 19.2 Å². The van der Waals surface area contributed by atoms with Crippen LogP contribution < -0.4 is 16.0 Å². The number of carbonyl (C=O) groups excluding carboxylic acids is 4. The number of para-hydroxylation sites is 1. The molecular weight excluding hydrogens is 436 g/mol. The number of hydrogen-bond donors (Lipinski definition) is 3. The summed E-state index contributed by atoms with van der Waals surface area (Å²) in [6.45, 7) is 2.88. The van der Waals surface area contributed by atoms with Crippen LogP contribution in [0.15, 0.2) is 59.0 Å². The minimum atomic E-state index is -0.759. The first-order chi connectivity index (χ1) is 16.4. The first-order valence-electron chi connectivity index (χ1n) is 11.1. The van der Waals surface area contributed by atoms with Gasteiger partial charge in [0.15, 0.2) is 5.76 Å². The molecule has 0 radical (unpaired) electrons. The zero-order valence-corrected chi connectivity index (χ0v) is 18.8. The van der Waals surface area contributed by atoms with Gasteiger partial charge in [0, 0.05) is 43.3 Å². The van der Waals surface area contributed by atoms with Gasteiger partial charge in [-0.1, -0.05) is 18.2 Å². The summed E-state index contributed by atoms with van der Waals surface area (Å²) in [5.41, 5.74) is 1.73. The number of furan rings is 1. The topological polar surface area (TPSA) is 121 Å². The number of nitrogens with zero attached hydrogens (tertiary/aromatic N) is 1. The molecule has 0 spiro atoms. The van der Waals surface area contributed by atoms with Gasteiger partial charge in [-0.15, -0.1) is 0 Å². The lowest BCUT2D eigenvalue weighted by molar-refractivity contribution is -0.136. The van der Waals surface area contributed by atoms with E-state index >= 15 is 0 Å². The lowest BCUT2D eigenvalue weighted by Gasteiger charge is -2.31. The van der Waals surface area contributed by atoms with Crippen molar-refractivity contribution < 1.29 is 23.6 Å². The molecule has 34 heavy (non-hydrogen) atoms. The number of likely N-dealkylation sites (tertiary alicyclic amines) is 1. The summed E-state index contributed by atoms with van der Waals surface area (Å²) in [5.74, 6) is -1.30. The molecule has 0 saturated carbocycles. The molecule has 0 atom stereocenters. The minimum absolute atomic E-state index is 0.136. The number of nitrogens with one attached hydrogen (secondary N) is 3. The first-order valence-corrected chi connectivity index (χ1v) is 11.1. The Labute approximate surface area is 196 Å². The highest BCUT2D eigenvalue weighted by Crippen LogP contribution is 2.23. The second kappa shape index (κ2) is 10.2. The molecular formula is C25H26N4O5. The summed E-state index contributed by atoms with van der Waals surface area (Å²) >= 11 is 0. The van der Waals surface area contributed by atoms with Crippen molar-refractivity contribution in [2.45, 2.75) is 19.8 Å². The molecule has 0 aliphatic carbocycles. The van der Waals surface area contributed by atoms with Crippen LogP contribution in [0, 0.1) is 5.92 Å². The van der Waals surface area contributed by atoms with Crippen LogP contribution in [0.3, 0.4) is 0 Å². The van der Waals surface area contributed by atoms with Crippen molar-refractivity contribution in [2.75, 3.05) is 30.3 Å². The predicted octanol–water partition coefficient (Wildman–Crippen LogP) is 3.00. The van der Waals surface area contributed by atoms with Gasteiger partial charge in [0.25, 0.3) is 5.91 Å². The molecule has 0 unspecified atom stereocenters. The number of piperidine rings is 1. The Bertz CT molecular complexity index is 1180. The molecule has 0 bridgehead atoms. The zero-order chi connectivity index (χ0) is 24.1. The van der Waals surface area contributed by atoms with Gasteiger partial charge >= 0.3 is 11.8 Å². The van der Waals surface area contributed by atoms with Gasteiger partial charge in [0.05, 0.1) is 0 Å². The van der Waals surface area contributed by atoms with Gasteiger partial charge in [-0.2, -0.15) is 0 Å². The monoisotopic (exact) mass is 462 g/mol. The Hall–Kier alpha value is -4.14. The molecule has 1 saturated heterocycles. The van der Waals surface area contributed by atoms with E-state index in [1.54, 1.807) is 35.2 Å². The number of benzene rings is 2. The molecule has 176 valence electrons. The standard InChI is InChI=1S/C25H26N4O5/c1-16(30)27-19-6-8-20(9-7-19)28-24(32)23(31)26-15-17-10-12-29(13-11-17)25(33)22-14-18-4-2-3-5-21(18)34-22/h2-9,14,17H,10-13,15H2,1H3,(H,26,31)(H,27,30)(H,28,32). The molecule has 1 aliphatic rings. The summed E-state index contributed by atoms with van der Waals surface area (Å²) in [6, 6.07) is 15.7. The van der Waals surface area contributed by atoms with E-state index in [1.165, 1.54) is 6.92 Å². The van der Waals surface area contributed by atoms with Crippen molar-refractivity contribution in [1.29, 1.82) is 0 Å². The van der Waals surface area contributed by atoms with Crippen molar-refractivity contribution in [2.24, 2.45) is 5.92 Å². The number of amides is 4. The van der Waals surface area contributed by atoms with E-state index in [-0.39, 0.29) is 17.7 Å². The average molecular weight is 463 g/mol. The van der Waals surface area contributed by atoms with Crippen LogP contribution in [0.2, 0.25) is 0 Å². The van der Waals surface area contributed by atoms with Gasteiger partial charge in [-0.05, 0) is 55.2 Å². The zero-order valence-electron chi connectivity index (χ0n) is 18.8. The maximum Gasteiger partial charge on any atom is 0.313 e. The van der Waals surface area contributed by atoms with Crippen LogP contribution in [0.25, 0.3) is 11.0 Å².